The molecule has 0 saturated carbocycles. The first-order chi connectivity index (χ1) is 13.7. The van der Waals surface area contributed by atoms with Crippen molar-refractivity contribution in [2.45, 2.75) is 25.9 Å². The van der Waals surface area contributed by atoms with Gasteiger partial charge in [0.25, 0.3) is 0 Å². The van der Waals surface area contributed by atoms with Gasteiger partial charge >= 0.3 is 12.2 Å². The van der Waals surface area contributed by atoms with Gasteiger partial charge in [0, 0.05) is 35.9 Å². The second-order valence-corrected chi connectivity index (χ2v) is 6.63. The molecule has 0 radical (unpaired) electrons. The van der Waals surface area contributed by atoms with Crippen LogP contribution in [0.1, 0.15) is 25.3 Å². The van der Waals surface area contributed by atoms with Crippen molar-refractivity contribution in [2.24, 2.45) is 0 Å². The van der Waals surface area contributed by atoms with Crippen molar-refractivity contribution in [2.75, 3.05) is 23.3 Å². The molecule has 2 aromatic rings. The standard InChI is InChI=1S/C20H21ClF3N3O2/c1-2-18(28)25-11-4-12-27(17-6-3-5-14(13-17)20(22,23)24)19(29)26-16-9-7-15(21)8-10-16/h3,5-10,13H,2,4,11-12H2,1H3,(H,25,28)(H,26,29). The molecular weight excluding hydrogens is 407 g/mol. The Hall–Kier alpha value is -2.74. The van der Waals surface area contributed by atoms with Crippen molar-refractivity contribution < 1.29 is 22.8 Å². The fraction of sp³-hybridized carbons (Fsp3) is 0.300. The number of hydrogen-bond acceptors (Lipinski definition) is 2. The Balaban J connectivity index is 2.19. The van der Waals surface area contributed by atoms with Gasteiger partial charge in [0.2, 0.25) is 5.91 Å². The zero-order chi connectivity index (χ0) is 21.4. The van der Waals surface area contributed by atoms with Crippen LogP contribution in [0, 0.1) is 0 Å². The predicted octanol–water partition coefficient (Wildman–Crippen LogP) is 5.31. The lowest BCUT2D eigenvalue weighted by Gasteiger charge is -2.24. The van der Waals surface area contributed by atoms with Gasteiger partial charge in [-0.15, -0.1) is 0 Å². The summed E-state index contributed by atoms with van der Waals surface area (Å²) in [5.41, 5.74) is -0.289. The van der Waals surface area contributed by atoms with Gasteiger partial charge in [-0.05, 0) is 48.9 Å². The third-order valence-electron chi connectivity index (χ3n) is 4.03. The van der Waals surface area contributed by atoms with E-state index in [1.54, 1.807) is 31.2 Å². The van der Waals surface area contributed by atoms with E-state index in [4.69, 9.17) is 11.6 Å². The molecule has 0 saturated heterocycles. The lowest BCUT2D eigenvalue weighted by atomic mass is 10.1. The molecule has 0 atom stereocenters. The Morgan fingerprint density at radius 2 is 1.79 bits per heavy atom. The number of benzene rings is 2. The summed E-state index contributed by atoms with van der Waals surface area (Å²) in [6.07, 6.45) is -3.83. The second kappa shape index (κ2) is 10.2. The largest absolute Gasteiger partial charge is 0.416 e. The molecule has 0 unspecified atom stereocenters. The first kappa shape index (κ1) is 22.5. The zero-order valence-corrected chi connectivity index (χ0v) is 16.5. The van der Waals surface area contributed by atoms with Crippen molar-refractivity contribution in [3.05, 3.63) is 59.1 Å². The summed E-state index contributed by atoms with van der Waals surface area (Å²) in [5, 5.41) is 5.81. The first-order valence-corrected chi connectivity index (χ1v) is 9.36. The van der Waals surface area contributed by atoms with Crippen LogP contribution in [0.15, 0.2) is 48.5 Å². The number of anilines is 2. The highest BCUT2D eigenvalue weighted by Gasteiger charge is 2.31. The van der Waals surface area contributed by atoms with Crippen LogP contribution in [-0.4, -0.2) is 25.0 Å². The van der Waals surface area contributed by atoms with Crippen LogP contribution in [0.2, 0.25) is 5.02 Å². The molecule has 156 valence electrons. The van der Waals surface area contributed by atoms with Crippen LogP contribution >= 0.6 is 11.6 Å². The van der Waals surface area contributed by atoms with Gasteiger partial charge in [0.1, 0.15) is 0 Å². The van der Waals surface area contributed by atoms with Gasteiger partial charge < -0.3 is 10.6 Å². The second-order valence-electron chi connectivity index (χ2n) is 6.19. The van der Waals surface area contributed by atoms with Crippen LogP contribution in [0.3, 0.4) is 0 Å². The molecule has 2 rings (SSSR count). The fourth-order valence-corrected chi connectivity index (χ4v) is 2.64. The van der Waals surface area contributed by atoms with Gasteiger partial charge in [0.05, 0.1) is 5.56 Å². The molecule has 0 aliphatic rings. The SMILES string of the molecule is CCC(=O)NCCCN(C(=O)Nc1ccc(Cl)cc1)c1cccc(C(F)(F)F)c1. The summed E-state index contributed by atoms with van der Waals surface area (Å²) >= 11 is 5.82. The molecule has 0 spiro atoms. The summed E-state index contributed by atoms with van der Waals surface area (Å²) in [5.74, 6) is -0.138. The van der Waals surface area contributed by atoms with E-state index in [1.165, 1.54) is 17.0 Å². The predicted molar refractivity (Wildman–Crippen MR) is 107 cm³/mol. The highest BCUT2D eigenvalue weighted by Crippen LogP contribution is 2.32. The van der Waals surface area contributed by atoms with Crippen molar-refractivity contribution in [3.63, 3.8) is 0 Å². The highest BCUT2D eigenvalue weighted by atomic mass is 35.5. The summed E-state index contributed by atoms with van der Waals surface area (Å²) in [6, 6.07) is 10.3. The number of halogens is 4. The number of hydrogen-bond donors (Lipinski definition) is 2. The van der Waals surface area contributed by atoms with Crippen LogP contribution in [-0.2, 0) is 11.0 Å². The highest BCUT2D eigenvalue weighted by molar-refractivity contribution is 6.30. The third kappa shape index (κ3) is 6.98. The van der Waals surface area contributed by atoms with Gasteiger partial charge in [0.15, 0.2) is 0 Å². The summed E-state index contributed by atoms with van der Waals surface area (Å²) < 4.78 is 39.2. The lowest BCUT2D eigenvalue weighted by Crippen LogP contribution is -2.37. The van der Waals surface area contributed by atoms with E-state index in [9.17, 15) is 22.8 Å². The quantitative estimate of drug-likeness (QED) is 0.588. The average molecular weight is 428 g/mol. The first-order valence-electron chi connectivity index (χ1n) is 8.98. The van der Waals surface area contributed by atoms with Crippen molar-refractivity contribution >= 4 is 34.9 Å². The molecule has 29 heavy (non-hydrogen) atoms. The van der Waals surface area contributed by atoms with E-state index in [0.717, 1.165) is 12.1 Å². The number of alkyl halides is 3. The molecule has 0 fully saturated rings. The molecule has 0 aliphatic carbocycles. The molecule has 9 heteroatoms. The van der Waals surface area contributed by atoms with E-state index < -0.39 is 17.8 Å². The Labute approximate surface area is 171 Å². The monoisotopic (exact) mass is 427 g/mol. The van der Waals surface area contributed by atoms with Crippen molar-refractivity contribution in [3.8, 4) is 0 Å². The molecule has 5 nitrogen and oxygen atoms in total. The topological polar surface area (TPSA) is 61.4 Å². The van der Waals surface area contributed by atoms with E-state index >= 15 is 0 Å². The van der Waals surface area contributed by atoms with Gasteiger partial charge in [-0.1, -0.05) is 24.6 Å². The van der Waals surface area contributed by atoms with Gasteiger partial charge in [-0.2, -0.15) is 13.2 Å². The van der Waals surface area contributed by atoms with E-state index in [2.05, 4.69) is 10.6 Å². The summed E-state index contributed by atoms with van der Waals surface area (Å²) in [6.45, 7) is 2.13. The molecule has 0 bridgehead atoms. The Bertz CT molecular complexity index is 842. The minimum Gasteiger partial charge on any atom is -0.356 e. The van der Waals surface area contributed by atoms with Crippen molar-refractivity contribution in [1.29, 1.82) is 0 Å². The molecule has 3 amide bonds. The minimum atomic E-state index is -4.52. The molecular formula is C20H21ClF3N3O2. The maximum atomic E-state index is 13.1. The number of amides is 3. The van der Waals surface area contributed by atoms with Gasteiger partial charge in [-0.3, -0.25) is 9.69 Å². The molecule has 0 heterocycles. The van der Waals surface area contributed by atoms with Crippen LogP contribution in [0.5, 0.6) is 0 Å². The van der Waals surface area contributed by atoms with Crippen LogP contribution < -0.4 is 15.5 Å². The fourth-order valence-electron chi connectivity index (χ4n) is 2.51. The maximum Gasteiger partial charge on any atom is 0.416 e. The number of nitrogens with one attached hydrogen (secondary N) is 2. The number of nitrogens with zero attached hydrogens (tertiary/aromatic N) is 1. The van der Waals surface area contributed by atoms with E-state index in [1.807, 2.05) is 0 Å². The lowest BCUT2D eigenvalue weighted by molar-refractivity contribution is -0.137. The van der Waals surface area contributed by atoms with E-state index in [0.29, 0.717) is 30.1 Å². The smallest absolute Gasteiger partial charge is 0.356 e. The summed E-state index contributed by atoms with van der Waals surface area (Å²) in [7, 11) is 0. The summed E-state index contributed by atoms with van der Waals surface area (Å²) in [4.78, 5) is 25.3. The Kier molecular flexibility index (Phi) is 7.90. The third-order valence-corrected chi connectivity index (χ3v) is 4.28. The number of rotatable bonds is 7. The molecule has 2 N–H and O–H groups in total. The van der Waals surface area contributed by atoms with E-state index in [-0.39, 0.29) is 18.1 Å². The van der Waals surface area contributed by atoms with Crippen LogP contribution in [0.25, 0.3) is 0 Å². The average Bonchev–Trinajstić information content (AvgIpc) is 2.68. The number of urea groups is 1. The molecule has 0 aliphatic heterocycles. The number of carbonyl (C=O) groups is 2. The number of carbonyl (C=O) groups excluding carboxylic acids is 2. The molecule has 0 aromatic heterocycles. The maximum absolute atomic E-state index is 13.1. The Morgan fingerprint density at radius 3 is 2.41 bits per heavy atom. The molecule has 2 aromatic carbocycles. The zero-order valence-electron chi connectivity index (χ0n) is 15.7. The minimum absolute atomic E-state index is 0.105. The normalized spacial score (nSPS) is 11.1. The van der Waals surface area contributed by atoms with Gasteiger partial charge in [-0.25, -0.2) is 4.79 Å². The Morgan fingerprint density at radius 1 is 1.10 bits per heavy atom. The van der Waals surface area contributed by atoms with Crippen LogP contribution in [0.4, 0.5) is 29.3 Å². The van der Waals surface area contributed by atoms with Crippen molar-refractivity contribution in [1.82, 2.24) is 5.32 Å².